The van der Waals surface area contributed by atoms with E-state index >= 15 is 0 Å². The molecular weight excluding hydrogens is 208 g/mol. The van der Waals surface area contributed by atoms with Gasteiger partial charge in [0.15, 0.2) is 0 Å². The summed E-state index contributed by atoms with van der Waals surface area (Å²) in [6.07, 6.45) is 2.57. The van der Waals surface area contributed by atoms with E-state index < -0.39 is 0 Å². The van der Waals surface area contributed by atoms with Gasteiger partial charge >= 0.3 is 0 Å². The first-order chi connectivity index (χ1) is 8.33. The van der Waals surface area contributed by atoms with Gasteiger partial charge in [-0.1, -0.05) is 50.6 Å². The molecule has 0 aliphatic heterocycles. The van der Waals surface area contributed by atoms with Crippen LogP contribution in [0.1, 0.15) is 32.3 Å². The van der Waals surface area contributed by atoms with Gasteiger partial charge in [-0.3, -0.25) is 0 Å². The van der Waals surface area contributed by atoms with Gasteiger partial charge in [0.2, 0.25) is 0 Å². The minimum atomic E-state index is 0.847. The Hall–Kier alpha value is -0.860. The van der Waals surface area contributed by atoms with Crippen LogP contribution in [0.3, 0.4) is 0 Å². The molecule has 0 spiro atoms. The molecule has 0 saturated carbocycles. The highest BCUT2D eigenvalue weighted by molar-refractivity contribution is 5.14. The molecule has 0 fully saturated rings. The van der Waals surface area contributed by atoms with Crippen molar-refractivity contribution in [1.29, 1.82) is 0 Å². The van der Waals surface area contributed by atoms with E-state index in [1.807, 2.05) is 0 Å². The fourth-order valence-corrected chi connectivity index (χ4v) is 1.68. The number of hydrogen-bond donors (Lipinski definition) is 2. The lowest BCUT2D eigenvalue weighted by Crippen LogP contribution is -2.28. The maximum Gasteiger partial charge on any atom is 0.0206 e. The van der Waals surface area contributed by atoms with Crippen LogP contribution in [0, 0.1) is 5.92 Å². The van der Waals surface area contributed by atoms with Gasteiger partial charge in [-0.2, -0.15) is 0 Å². The minimum Gasteiger partial charge on any atom is -0.315 e. The molecule has 1 atom stereocenters. The molecule has 1 aromatic rings. The maximum atomic E-state index is 3.47. The lowest BCUT2D eigenvalue weighted by Gasteiger charge is -2.09. The maximum absolute atomic E-state index is 3.47. The first kappa shape index (κ1) is 14.2. The molecule has 1 rings (SSSR count). The predicted octanol–water partition coefficient (Wildman–Crippen LogP) is 2.80. The van der Waals surface area contributed by atoms with Gasteiger partial charge in [0, 0.05) is 19.6 Å². The van der Waals surface area contributed by atoms with Gasteiger partial charge in [-0.25, -0.2) is 0 Å². The zero-order chi connectivity index (χ0) is 12.3. The Labute approximate surface area is 106 Å². The van der Waals surface area contributed by atoms with Crippen LogP contribution in [0.5, 0.6) is 0 Å². The fourth-order valence-electron chi connectivity index (χ4n) is 1.68. The molecule has 1 aromatic carbocycles. The van der Waals surface area contributed by atoms with Crippen LogP contribution in [0.4, 0.5) is 0 Å². The molecule has 0 bridgehead atoms. The molecule has 0 heterocycles. The van der Waals surface area contributed by atoms with Crippen molar-refractivity contribution in [2.24, 2.45) is 5.92 Å². The predicted molar refractivity (Wildman–Crippen MR) is 75.1 cm³/mol. The van der Waals surface area contributed by atoms with E-state index in [9.17, 15) is 0 Å². The highest BCUT2D eigenvalue weighted by atomic mass is 14.9. The average Bonchev–Trinajstić information content (AvgIpc) is 2.38. The van der Waals surface area contributed by atoms with E-state index in [2.05, 4.69) is 54.8 Å². The van der Waals surface area contributed by atoms with E-state index in [1.165, 1.54) is 18.4 Å². The molecule has 2 heteroatoms. The minimum absolute atomic E-state index is 0.847. The van der Waals surface area contributed by atoms with Gasteiger partial charge in [0.1, 0.15) is 0 Å². The van der Waals surface area contributed by atoms with Crippen molar-refractivity contribution in [3.63, 3.8) is 0 Å². The molecule has 0 radical (unpaired) electrons. The van der Waals surface area contributed by atoms with E-state index in [4.69, 9.17) is 0 Å². The Morgan fingerprint density at radius 2 is 1.71 bits per heavy atom. The standard InChI is InChI=1S/C15H26N2/c1-3-14(2)9-10-16-11-12-17-13-15-7-5-4-6-8-15/h4-8,14,16-17H,3,9-13H2,1-2H3. The van der Waals surface area contributed by atoms with Crippen LogP contribution in [-0.4, -0.2) is 19.6 Å². The van der Waals surface area contributed by atoms with Crippen molar-refractivity contribution in [2.75, 3.05) is 19.6 Å². The summed E-state index contributed by atoms with van der Waals surface area (Å²) in [5, 5.41) is 6.92. The molecule has 1 unspecified atom stereocenters. The third-order valence-corrected chi connectivity index (χ3v) is 3.16. The van der Waals surface area contributed by atoms with Gasteiger partial charge in [0.25, 0.3) is 0 Å². The number of rotatable bonds is 9. The summed E-state index contributed by atoms with van der Waals surface area (Å²) in [6.45, 7) is 8.77. The van der Waals surface area contributed by atoms with E-state index in [-0.39, 0.29) is 0 Å². The van der Waals surface area contributed by atoms with Crippen LogP contribution in [0.25, 0.3) is 0 Å². The van der Waals surface area contributed by atoms with Crippen molar-refractivity contribution in [3.05, 3.63) is 35.9 Å². The second-order valence-corrected chi connectivity index (χ2v) is 4.71. The molecule has 2 nitrogen and oxygen atoms in total. The van der Waals surface area contributed by atoms with E-state index in [0.717, 1.165) is 32.1 Å². The second kappa shape index (κ2) is 9.20. The number of nitrogens with one attached hydrogen (secondary N) is 2. The lowest BCUT2D eigenvalue weighted by molar-refractivity contribution is 0.484. The Balaban J connectivity index is 1.91. The highest BCUT2D eigenvalue weighted by Crippen LogP contribution is 2.03. The lowest BCUT2D eigenvalue weighted by atomic mass is 10.1. The molecule has 0 amide bonds. The van der Waals surface area contributed by atoms with Crippen LogP contribution < -0.4 is 10.6 Å². The van der Waals surface area contributed by atoms with Crippen LogP contribution in [-0.2, 0) is 6.54 Å². The monoisotopic (exact) mass is 234 g/mol. The summed E-state index contributed by atoms with van der Waals surface area (Å²) < 4.78 is 0. The quantitative estimate of drug-likeness (QED) is 0.642. The molecule has 0 aliphatic rings. The smallest absolute Gasteiger partial charge is 0.0206 e. The molecule has 17 heavy (non-hydrogen) atoms. The van der Waals surface area contributed by atoms with E-state index in [1.54, 1.807) is 0 Å². The van der Waals surface area contributed by atoms with Crippen LogP contribution in [0.2, 0.25) is 0 Å². The summed E-state index contributed by atoms with van der Waals surface area (Å²) in [4.78, 5) is 0. The third-order valence-electron chi connectivity index (χ3n) is 3.16. The fraction of sp³-hybridized carbons (Fsp3) is 0.600. The number of benzene rings is 1. The zero-order valence-corrected chi connectivity index (χ0v) is 11.2. The first-order valence-electron chi connectivity index (χ1n) is 6.78. The normalized spacial score (nSPS) is 12.6. The van der Waals surface area contributed by atoms with Gasteiger partial charge in [0.05, 0.1) is 0 Å². The summed E-state index contributed by atoms with van der Waals surface area (Å²) in [5.74, 6) is 0.847. The molecule has 0 aromatic heterocycles. The highest BCUT2D eigenvalue weighted by Gasteiger charge is 1.97. The summed E-state index contributed by atoms with van der Waals surface area (Å²) >= 11 is 0. The number of hydrogen-bond acceptors (Lipinski definition) is 2. The second-order valence-electron chi connectivity index (χ2n) is 4.71. The van der Waals surface area contributed by atoms with Crippen molar-refractivity contribution in [2.45, 2.75) is 33.2 Å². The third kappa shape index (κ3) is 7.14. The molecule has 0 saturated heterocycles. The Morgan fingerprint density at radius 1 is 1.00 bits per heavy atom. The summed E-state index contributed by atoms with van der Waals surface area (Å²) in [5.41, 5.74) is 1.35. The van der Waals surface area contributed by atoms with Crippen molar-refractivity contribution >= 4 is 0 Å². The first-order valence-corrected chi connectivity index (χ1v) is 6.78. The van der Waals surface area contributed by atoms with Crippen molar-refractivity contribution in [1.82, 2.24) is 10.6 Å². The summed E-state index contributed by atoms with van der Waals surface area (Å²) in [7, 11) is 0. The van der Waals surface area contributed by atoms with E-state index in [0.29, 0.717) is 0 Å². The summed E-state index contributed by atoms with van der Waals surface area (Å²) in [6, 6.07) is 10.5. The van der Waals surface area contributed by atoms with Gasteiger partial charge in [-0.05, 0) is 24.4 Å². The van der Waals surface area contributed by atoms with Crippen molar-refractivity contribution < 1.29 is 0 Å². The zero-order valence-electron chi connectivity index (χ0n) is 11.2. The van der Waals surface area contributed by atoms with Crippen LogP contribution >= 0.6 is 0 Å². The topological polar surface area (TPSA) is 24.1 Å². The molecule has 0 aliphatic carbocycles. The Bertz CT molecular complexity index is 272. The SMILES string of the molecule is CCC(C)CCNCCNCc1ccccc1. The molecular formula is C15H26N2. The Morgan fingerprint density at radius 3 is 2.41 bits per heavy atom. The average molecular weight is 234 g/mol. The largest absolute Gasteiger partial charge is 0.315 e. The Kier molecular flexibility index (Phi) is 7.69. The van der Waals surface area contributed by atoms with Crippen molar-refractivity contribution in [3.8, 4) is 0 Å². The molecule has 96 valence electrons. The van der Waals surface area contributed by atoms with Gasteiger partial charge in [-0.15, -0.1) is 0 Å². The molecule has 2 N–H and O–H groups in total. The van der Waals surface area contributed by atoms with Gasteiger partial charge < -0.3 is 10.6 Å². The van der Waals surface area contributed by atoms with Crippen LogP contribution in [0.15, 0.2) is 30.3 Å².